The summed E-state index contributed by atoms with van der Waals surface area (Å²) in [6, 6.07) is 2.00. The summed E-state index contributed by atoms with van der Waals surface area (Å²) in [5, 5.41) is 8.40. The lowest BCUT2D eigenvalue weighted by atomic mass is 10.2. The van der Waals surface area contributed by atoms with E-state index < -0.39 is 0 Å². The van der Waals surface area contributed by atoms with E-state index in [-0.39, 0.29) is 0 Å². The normalized spacial score (nSPS) is 11.4. The van der Waals surface area contributed by atoms with Crippen molar-refractivity contribution in [2.75, 3.05) is 0 Å². The molecule has 0 radical (unpaired) electrons. The lowest BCUT2D eigenvalue weighted by Gasteiger charge is -1.80. The first-order chi connectivity index (χ1) is 4.85. The predicted molar refractivity (Wildman–Crippen MR) is 43.3 cm³/mol. The molecule has 0 saturated heterocycles. The van der Waals surface area contributed by atoms with Crippen molar-refractivity contribution in [2.45, 2.75) is 13.3 Å². The first-order valence-electron chi connectivity index (χ1n) is 3.24. The van der Waals surface area contributed by atoms with Crippen LogP contribution in [-0.4, -0.2) is 0 Å². The molecule has 0 rings (SSSR count). The molecule has 0 aromatic rings. The van der Waals surface area contributed by atoms with Gasteiger partial charge in [-0.25, -0.2) is 0 Å². The van der Waals surface area contributed by atoms with Gasteiger partial charge in [-0.05, 0) is 12.5 Å². The number of allylic oxidation sites excluding steroid dienone is 5. The summed E-state index contributed by atoms with van der Waals surface area (Å²) in [5.74, 6) is 0. The second-order valence-electron chi connectivity index (χ2n) is 1.77. The standard InChI is InChI=1S/C9H11N/c1-3-5-6-7-9(4-2)8-10/h4-7H,2-3H2,1H3/b6-5-,9-7+. The smallest absolute Gasteiger partial charge is 0.0991 e. The van der Waals surface area contributed by atoms with Gasteiger partial charge in [0.05, 0.1) is 11.6 Å². The number of rotatable bonds is 3. The van der Waals surface area contributed by atoms with E-state index in [1.54, 1.807) is 12.2 Å². The molecule has 0 aliphatic carbocycles. The summed E-state index contributed by atoms with van der Waals surface area (Å²) in [7, 11) is 0. The van der Waals surface area contributed by atoms with E-state index in [4.69, 9.17) is 5.26 Å². The third-order valence-corrected chi connectivity index (χ3v) is 0.997. The van der Waals surface area contributed by atoms with E-state index in [2.05, 4.69) is 6.58 Å². The van der Waals surface area contributed by atoms with Gasteiger partial charge in [-0.1, -0.05) is 31.7 Å². The number of hydrogen-bond donors (Lipinski definition) is 0. The summed E-state index contributed by atoms with van der Waals surface area (Å²) in [6.45, 7) is 5.53. The fourth-order valence-corrected chi connectivity index (χ4v) is 0.459. The minimum Gasteiger partial charge on any atom is -0.192 e. The Balaban J connectivity index is 4.02. The maximum Gasteiger partial charge on any atom is 0.0991 e. The highest BCUT2D eigenvalue weighted by molar-refractivity contribution is 5.34. The fourth-order valence-electron chi connectivity index (χ4n) is 0.459. The Labute approximate surface area is 62.0 Å². The van der Waals surface area contributed by atoms with Crippen LogP contribution >= 0.6 is 0 Å². The lowest BCUT2D eigenvalue weighted by Crippen LogP contribution is -1.66. The molecule has 0 saturated carbocycles. The number of nitriles is 1. The van der Waals surface area contributed by atoms with Crippen LogP contribution in [0.5, 0.6) is 0 Å². The molecule has 52 valence electrons. The molecule has 0 atom stereocenters. The van der Waals surface area contributed by atoms with Gasteiger partial charge in [-0.3, -0.25) is 0 Å². The monoisotopic (exact) mass is 133 g/mol. The zero-order valence-corrected chi connectivity index (χ0v) is 6.17. The molecule has 0 aromatic heterocycles. The minimum absolute atomic E-state index is 0.602. The van der Waals surface area contributed by atoms with Crippen molar-refractivity contribution >= 4 is 0 Å². The van der Waals surface area contributed by atoms with Gasteiger partial charge in [0.15, 0.2) is 0 Å². The van der Waals surface area contributed by atoms with E-state index >= 15 is 0 Å². The number of hydrogen-bond acceptors (Lipinski definition) is 1. The molecular weight excluding hydrogens is 122 g/mol. The van der Waals surface area contributed by atoms with Crippen molar-refractivity contribution in [1.82, 2.24) is 0 Å². The van der Waals surface area contributed by atoms with E-state index in [1.165, 1.54) is 0 Å². The molecule has 0 amide bonds. The van der Waals surface area contributed by atoms with Crippen LogP contribution in [0.1, 0.15) is 13.3 Å². The molecule has 1 heteroatoms. The first-order valence-corrected chi connectivity index (χ1v) is 3.24. The fraction of sp³-hybridized carbons (Fsp3) is 0.222. The summed E-state index contributed by atoms with van der Waals surface area (Å²) >= 11 is 0. The molecule has 0 aliphatic heterocycles. The zero-order valence-electron chi connectivity index (χ0n) is 6.17. The Kier molecular flexibility index (Phi) is 5.09. The molecule has 0 bridgehead atoms. The van der Waals surface area contributed by atoms with Gasteiger partial charge in [0.2, 0.25) is 0 Å². The molecule has 0 N–H and O–H groups in total. The Bertz CT molecular complexity index is 191. The molecule has 0 aliphatic rings. The van der Waals surface area contributed by atoms with E-state index in [0.29, 0.717) is 5.57 Å². The van der Waals surface area contributed by atoms with Crippen molar-refractivity contribution in [2.24, 2.45) is 0 Å². The van der Waals surface area contributed by atoms with Crippen LogP contribution < -0.4 is 0 Å². The van der Waals surface area contributed by atoms with Crippen LogP contribution in [0.4, 0.5) is 0 Å². The van der Waals surface area contributed by atoms with Crippen molar-refractivity contribution in [3.63, 3.8) is 0 Å². The molecule has 0 aromatic carbocycles. The average Bonchev–Trinajstić information content (AvgIpc) is 1.99. The van der Waals surface area contributed by atoms with Gasteiger partial charge >= 0.3 is 0 Å². The molecule has 1 nitrogen and oxygen atoms in total. The minimum atomic E-state index is 0.602. The summed E-state index contributed by atoms with van der Waals surface area (Å²) in [6.07, 6.45) is 8.13. The topological polar surface area (TPSA) is 23.8 Å². The van der Waals surface area contributed by atoms with Gasteiger partial charge in [-0.2, -0.15) is 5.26 Å². The Morgan fingerprint density at radius 2 is 2.40 bits per heavy atom. The van der Waals surface area contributed by atoms with Crippen molar-refractivity contribution in [3.8, 4) is 6.07 Å². The third kappa shape index (κ3) is 3.68. The third-order valence-electron chi connectivity index (χ3n) is 0.997. The first kappa shape index (κ1) is 8.71. The highest BCUT2D eigenvalue weighted by Crippen LogP contribution is 1.93. The van der Waals surface area contributed by atoms with Gasteiger partial charge in [0, 0.05) is 0 Å². The molecule has 0 heterocycles. The summed E-state index contributed by atoms with van der Waals surface area (Å²) in [5.41, 5.74) is 0.602. The second-order valence-corrected chi connectivity index (χ2v) is 1.77. The van der Waals surface area contributed by atoms with Gasteiger partial charge < -0.3 is 0 Å². The van der Waals surface area contributed by atoms with E-state index in [0.717, 1.165) is 6.42 Å². The summed E-state index contributed by atoms with van der Waals surface area (Å²) < 4.78 is 0. The van der Waals surface area contributed by atoms with Gasteiger partial charge in [-0.15, -0.1) is 0 Å². The highest BCUT2D eigenvalue weighted by Gasteiger charge is 1.79. The van der Waals surface area contributed by atoms with E-state index in [9.17, 15) is 0 Å². The second kappa shape index (κ2) is 5.84. The van der Waals surface area contributed by atoms with Crippen LogP contribution in [0, 0.1) is 11.3 Å². The van der Waals surface area contributed by atoms with Crippen LogP contribution in [0.3, 0.4) is 0 Å². The zero-order chi connectivity index (χ0) is 7.82. The summed E-state index contributed by atoms with van der Waals surface area (Å²) in [4.78, 5) is 0. The van der Waals surface area contributed by atoms with Crippen molar-refractivity contribution in [1.29, 1.82) is 5.26 Å². The SMILES string of the molecule is C=C/C(C#N)=C\C=C/CC. The quantitative estimate of drug-likeness (QED) is 0.429. The predicted octanol–water partition coefficient (Wildman–Crippen LogP) is 2.59. The molecule has 0 fully saturated rings. The van der Waals surface area contributed by atoms with Gasteiger partial charge in [0.25, 0.3) is 0 Å². The molecule has 10 heavy (non-hydrogen) atoms. The molecule has 0 unspecified atom stereocenters. The maximum absolute atomic E-state index is 8.40. The molecular formula is C9H11N. The highest BCUT2D eigenvalue weighted by atomic mass is 14.2. The van der Waals surface area contributed by atoms with Crippen molar-refractivity contribution in [3.05, 3.63) is 36.5 Å². The van der Waals surface area contributed by atoms with Crippen LogP contribution in [-0.2, 0) is 0 Å². The van der Waals surface area contributed by atoms with Crippen LogP contribution in [0.2, 0.25) is 0 Å². The molecule has 0 spiro atoms. The Morgan fingerprint density at radius 1 is 1.70 bits per heavy atom. The largest absolute Gasteiger partial charge is 0.192 e. The Hall–Kier alpha value is -1.29. The van der Waals surface area contributed by atoms with Crippen LogP contribution in [0.15, 0.2) is 36.5 Å². The number of nitrogens with zero attached hydrogens (tertiary/aromatic N) is 1. The Morgan fingerprint density at radius 3 is 2.80 bits per heavy atom. The lowest BCUT2D eigenvalue weighted by molar-refractivity contribution is 1.22. The van der Waals surface area contributed by atoms with E-state index in [1.807, 2.05) is 25.1 Å². The average molecular weight is 133 g/mol. The van der Waals surface area contributed by atoms with Crippen LogP contribution in [0.25, 0.3) is 0 Å². The van der Waals surface area contributed by atoms with Crippen molar-refractivity contribution < 1.29 is 0 Å². The van der Waals surface area contributed by atoms with Gasteiger partial charge in [0.1, 0.15) is 0 Å². The maximum atomic E-state index is 8.40.